The number of ether oxygens (including phenoxy) is 2. The molecule has 7 nitrogen and oxygen atoms in total. The summed E-state index contributed by atoms with van der Waals surface area (Å²) < 4.78 is 24.7. The molecule has 4 aromatic rings. The summed E-state index contributed by atoms with van der Waals surface area (Å²) in [5.41, 5.74) is 3.72. The summed E-state index contributed by atoms with van der Waals surface area (Å²) in [5.74, 6) is -0.00521. The Bertz CT molecular complexity index is 1440. The fourth-order valence-corrected chi connectivity index (χ4v) is 4.92. The summed E-state index contributed by atoms with van der Waals surface area (Å²) in [6.07, 6.45) is 1.19. The summed E-state index contributed by atoms with van der Waals surface area (Å²) in [6, 6.07) is 17.9. The molecule has 0 saturated heterocycles. The van der Waals surface area contributed by atoms with Gasteiger partial charge in [-0.1, -0.05) is 23.7 Å². The average Bonchev–Trinajstić information content (AvgIpc) is 3.30. The Morgan fingerprint density at radius 3 is 2.58 bits per heavy atom. The number of benzene rings is 3. The van der Waals surface area contributed by atoms with Crippen LogP contribution in [-0.2, 0) is 11.2 Å². The zero-order chi connectivity index (χ0) is 26.6. The number of hydrogen-bond donors (Lipinski definition) is 2. The van der Waals surface area contributed by atoms with Crippen LogP contribution in [0.3, 0.4) is 0 Å². The topological polar surface area (TPSA) is 91.9 Å². The van der Waals surface area contributed by atoms with E-state index in [4.69, 9.17) is 21.1 Å². The van der Waals surface area contributed by atoms with E-state index >= 15 is 0 Å². The number of aliphatic hydroxyl groups is 1. The molecule has 1 aliphatic heterocycles. The molecular formula is C29H26ClFN2O5. The molecule has 3 aromatic carbocycles. The Hall–Kier alpha value is -3.88. The standard InChI is InChI=1S/C29H26ClFN2O5/c30-20-3-10-26-25(15-20)24-11-13-33(29(36)38-23-8-4-21(31)5-9-23)28(27(24)32-26)19-1-6-22(7-2-19)37-14-12-18(16-34)17-35/h1-10,15-16,18,28,32,35H,11-14,17H2. The van der Waals surface area contributed by atoms with Crippen LogP contribution in [-0.4, -0.2) is 47.1 Å². The summed E-state index contributed by atoms with van der Waals surface area (Å²) in [6.45, 7) is 0.481. The van der Waals surface area contributed by atoms with Gasteiger partial charge in [-0.25, -0.2) is 9.18 Å². The maximum absolute atomic E-state index is 13.3. The molecule has 0 spiro atoms. The summed E-state index contributed by atoms with van der Waals surface area (Å²) in [4.78, 5) is 29.4. The highest BCUT2D eigenvalue weighted by molar-refractivity contribution is 6.31. The number of aldehydes is 1. The van der Waals surface area contributed by atoms with Crippen molar-refractivity contribution >= 4 is 34.9 Å². The number of fused-ring (bicyclic) bond motifs is 3. The summed E-state index contributed by atoms with van der Waals surface area (Å²) in [7, 11) is 0. The molecule has 1 aromatic heterocycles. The molecule has 2 atom stereocenters. The first-order valence-electron chi connectivity index (χ1n) is 12.3. The van der Waals surface area contributed by atoms with Crippen LogP contribution in [0.2, 0.25) is 5.02 Å². The molecule has 0 fully saturated rings. The molecule has 2 N–H and O–H groups in total. The number of rotatable bonds is 8. The van der Waals surface area contributed by atoms with E-state index in [9.17, 15) is 19.1 Å². The first-order chi connectivity index (χ1) is 18.5. The second-order valence-electron chi connectivity index (χ2n) is 9.16. The zero-order valence-electron chi connectivity index (χ0n) is 20.4. The summed E-state index contributed by atoms with van der Waals surface area (Å²) in [5, 5.41) is 10.8. The molecule has 38 heavy (non-hydrogen) atoms. The highest BCUT2D eigenvalue weighted by atomic mass is 35.5. The molecule has 196 valence electrons. The van der Waals surface area contributed by atoms with Gasteiger partial charge >= 0.3 is 6.09 Å². The number of nitrogens with one attached hydrogen (secondary N) is 1. The van der Waals surface area contributed by atoms with Crippen molar-refractivity contribution in [2.45, 2.75) is 18.9 Å². The Morgan fingerprint density at radius 1 is 1.13 bits per heavy atom. The van der Waals surface area contributed by atoms with Gasteiger partial charge in [-0.15, -0.1) is 0 Å². The first-order valence-corrected chi connectivity index (χ1v) is 12.7. The number of amides is 1. The molecule has 9 heteroatoms. The van der Waals surface area contributed by atoms with Crippen molar-refractivity contribution in [2.75, 3.05) is 19.8 Å². The van der Waals surface area contributed by atoms with Crippen LogP contribution in [0.25, 0.3) is 10.9 Å². The fourth-order valence-electron chi connectivity index (χ4n) is 4.74. The number of carbonyl (C=O) groups excluding carboxylic acids is 2. The fraction of sp³-hybridized carbons (Fsp3) is 0.241. The van der Waals surface area contributed by atoms with Crippen molar-refractivity contribution in [1.82, 2.24) is 9.88 Å². The Labute approximate surface area is 223 Å². The van der Waals surface area contributed by atoms with Gasteiger partial charge < -0.3 is 24.4 Å². The third-order valence-corrected chi connectivity index (χ3v) is 6.96. The van der Waals surface area contributed by atoms with Crippen molar-refractivity contribution < 1.29 is 28.6 Å². The van der Waals surface area contributed by atoms with E-state index in [1.807, 2.05) is 42.5 Å². The van der Waals surface area contributed by atoms with Gasteiger partial charge in [-0.3, -0.25) is 4.90 Å². The van der Waals surface area contributed by atoms with Crippen LogP contribution in [0.1, 0.15) is 29.3 Å². The quantitative estimate of drug-likeness (QED) is 0.283. The number of aliphatic hydroxyl groups excluding tert-OH is 1. The van der Waals surface area contributed by atoms with Gasteiger partial charge in [-0.2, -0.15) is 0 Å². The molecule has 0 radical (unpaired) electrons. The van der Waals surface area contributed by atoms with Crippen LogP contribution < -0.4 is 9.47 Å². The second-order valence-corrected chi connectivity index (χ2v) is 9.60. The lowest BCUT2D eigenvalue weighted by Crippen LogP contribution is -2.42. The lowest BCUT2D eigenvalue weighted by Gasteiger charge is -2.35. The van der Waals surface area contributed by atoms with Crippen molar-refractivity contribution in [3.05, 3.63) is 94.4 Å². The van der Waals surface area contributed by atoms with Gasteiger partial charge in [0.25, 0.3) is 0 Å². The monoisotopic (exact) mass is 536 g/mol. The normalized spacial score (nSPS) is 15.7. The number of H-pyrrole nitrogens is 1. The smallest absolute Gasteiger partial charge is 0.416 e. The van der Waals surface area contributed by atoms with E-state index in [1.54, 1.807) is 4.90 Å². The molecule has 0 saturated carbocycles. The van der Waals surface area contributed by atoms with Crippen molar-refractivity contribution in [3.8, 4) is 11.5 Å². The van der Waals surface area contributed by atoms with Gasteiger partial charge in [0.05, 0.1) is 13.2 Å². The van der Waals surface area contributed by atoms with Gasteiger partial charge in [0.15, 0.2) is 0 Å². The molecule has 1 amide bonds. The van der Waals surface area contributed by atoms with Crippen LogP contribution in [0.15, 0.2) is 66.7 Å². The minimum Gasteiger partial charge on any atom is -0.494 e. The number of hydrogen-bond acceptors (Lipinski definition) is 5. The van der Waals surface area contributed by atoms with E-state index in [0.717, 1.165) is 34.0 Å². The van der Waals surface area contributed by atoms with Crippen LogP contribution in [0.4, 0.5) is 9.18 Å². The van der Waals surface area contributed by atoms with Gasteiger partial charge in [0.2, 0.25) is 0 Å². The van der Waals surface area contributed by atoms with Gasteiger partial charge in [0.1, 0.15) is 29.6 Å². The Kier molecular flexibility index (Phi) is 7.62. The lowest BCUT2D eigenvalue weighted by molar-refractivity contribution is -0.112. The molecule has 0 bridgehead atoms. The van der Waals surface area contributed by atoms with Crippen LogP contribution in [0, 0.1) is 11.7 Å². The van der Waals surface area contributed by atoms with E-state index in [2.05, 4.69) is 4.98 Å². The van der Waals surface area contributed by atoms with Crippen molar-refractivity contribution in [1.29, 1.82) is 0 Å². The minimum absolute atomic E-state index is 0.213. The highest BCUT2D eigenvalue weighted by Crippen LogP contribution is 2.40. The van der Waals surface area contributed by atoms with E-state index in [0.29, 0.717) is 30.2 Å². The minimum atomic E-state index is -0.548. The predicted octanol–water partition coefficient (Wildman–Crippen LogP) is 5.68. The number of nitrogens with zero attached hydrogens (tertiary/aromatic N) is 1. The summed E-state index contributed by atoms with van der Waals surface area (Å²) >= 11 is 6.28. The molecule has 2 heterocycles. The molecule has 0 aliphatic carbocycles. The number of carbonyl (C=O) groups is 2. The van der Waals surface area contributed by atoms with E-state index in [-0.39, 0.29) is 19.0 Å². The molecular weight excluding hydrogens is 511 g/mol. The molecule has 2 unspecified atom stereocenters. The predicted molar refractivity (Wildman–Crippen MR) is 141 cm³/mol. The average molecular weight is 537 g/mol. The maximum Gasteiger partial charge on any atom is 0.416 e. The van der Waals surface area contributed by atoms with Gasteiger partial charge in [-0.05, 0) is 78.6 Å². The second kappa shape index (κ2) is 11.2. The van der Waals surface area contributed by atoms with Crippen molar-refractivity contribution in [2.24, 2.45) is 5.92 Å². The zero-order valence-corrected chi connectivity index (χ0v) is 21.2. The third-order valence-electron chi connectivity index (χ3n) is 6.72. The highest BCUT2D eigenvalue weighted by Gasteiger charge is 2.35. The SMILES string of the molecule is O=CC(CO)CCOc1ccc(C2c3[nH]c4ccc(Cl)cc4c3CCN2C(=O)Oc2ccc(F)cc2)cc1. The first kappa shape index (κ1) is 25.8. The molecule has 1 aliphatic rings. The Balaban J connectivity index is 1.45. The number of aromatic nitrogens is 1. The van der Waals surface area contributed by atoms with E-state index < -0.39 is 23.9 Å². The van der Waals surface area contributed by atoms with E-state index in [1.165, 1.54) is 24.3 Å². The van der Waals surface area contributed by atoms with Crippen LogP contribution in [0.5, 0.6) is 11.5 Å². The van der Waals surface area contributed by atoms with Gasteiger partial charge in [0, 0.05) is 34.1 Å². The van der Waals surface area contributed by atoms with Crippen molar-refractivity contribution in [3.63, 3.8) is 0 Å². The molecule has 5 rings (SSSR count). The lowest BCUT2D eigenvalue weighted by atomic mass is 9.92. The largest absolute Gasteiger partial charge is 0.494 e. The third kappa shape index (κ3) is 5.37. The maximum atomic E-state index is 13.3. The number of aromatic amines is 1. The number of halogens is 2. The van der Waals surface area contributed by atoms with Crippen LogP contribution >= 0.6 is 11.6 Å². The Morgan fingerprint density at radius 2 is 1.87 bits per heavy atom.